The number of amides is 1. The van der Waals surface area contributed by atoms with E-state index in [1.165, 1.54) is 6.42 Å². The molecule has 0 aliphatic carbocycles. The molecule has 8 heteroatoms. The Morgan fingerprint density at radius 2 is 1.78 bits per heavy atom. The van der Waals surface area contributed by atoms with Gasteiger partial charge in [0.05, 0.1) is 13.0 Å². The van der Waals surface area contributed by atoms with E-state index in [4.69, 9.17) is 0 Å². The predicted octanol–water partition coefficient (Wildman–Crippen LogP) is 3.32. The van der Waals surface area contributed by atoms with E-state index >= 15 is 0 Å². The highest BCUT2D eigenvalue weighted by molar-refractivity contribution is 5.94. The van der Waals surface area contributed by atoms with E-state index in [1.807, 2.05) is 24.0 Å². The number of hydrogen-bond donors (Lipinski definition) is 2. The molecule has 5 nitrogen and oxygen atoms in total. The van der Waals surface area contributed by atoms with Gasteiger partial charge >= 0.3 is 6.18 Å². The molecule has 1 aromatic rings. The second-order valence-corrected chi connectivity index (χ2v) is 6.54. The maximum absolute atomic E-state index is 12.4. The fraction of sp³-hybridized carbons (Fsp3) is 0.579. The number of guanidine groups is 1. The van der Waals surface area contributed by atoms with E-state index < -0.39 is 12.6 Å². The van der Waals surface area contributed by atoms with Crippen LogP contribution >= 0.6 is 0 Å². The number of likely N-dealkylation sites (tertiary alicyclic amines) is 1. The molecular weight excluding hydrogens is 357 g/mol. The van der Waals surface area contributed by atoms with Crippen molar-refractivity contribution in [3.63, 3.8) is 0 Å². The van der Waals surface area contributed by atoms with E-state index in [1.54, 1.807) is 12.1 Å². The summed E-state index contributed by atoms with van der Waals surface area (Å²) >= 11 is 0. The largest absolute Gasteiger partial charge is 0.390 e. The van der Waals surface area contributed by atoms with Crippen molar-refractivity contribution in [1.29, 1.82) is 0 Å². The van der Waals surface area contributed by atoms with Crippen molar-refractivity contribution in [2.24, 2.45) is 4.99 Å². The van der Waals surface area contributed by atoms with Crippen molar-refractivity contribution in [3.05, 3.63) is 35.4 Å². The van der Waals surface area contributed by atoms with Crippen LogP contribution in [0.1, 0.15) is 48.5 Å². The molecule has 1 saturated heterocycles. The maximum atomic E-state index is 12.4. The molecule has 27 heavy (non-hydrogen) atoms. The molecule has 0 bridgehead atoms. The lowest BCUT2D eigenvalue weighted by atomic mass is 10.1. The number of rotatable bonds is 6. The van der Waals surface area contributed by atoms with E-state index in [9.17, 15) is 18.0 Å². The number of alkyl halides is 3. The van der Waals surface area contributed by atoms with Gasteiger partial charge in [0.2, 0.25) is 0 Å². The maximum Gasteiger partial charge on any atom is 0.390 e. The number of nitrogens with zero attached hydrogens (tertiary/aromatic N) is 2. The molecule has 2 rings (SSSR count). The van der Waals surface area contributed by atoms with Crippen LogP contribution in [0.3, 0.4) is 0 Å². The minimum atomic E-state index is -4.19. The van der Waals surface area contributed by atoms with Crippen LogP contribution in [0.25, 0.3) is 0 Å². The van der Waals surface area contributed by atoms with E-state index in [-0.39, 0.29) is 12.5 Å². The molecule has 1 heterocycles. The van der Waals surface area contributed by atoms with Gasteiger partial charge in [0.1, 0.15) is 0 Å². The number of carbonyl (C=O) groups excluding carboxylic acids is 1. The molecule has 2 N–H and O–H groups in total. The fourth-order valence-corrected chi connectivity index (χ4v) is 2.87. The average Bonchev–Trinajstić information content (AvgIpc) is 2.66. The molecular formula is C19H27F3N4O. The third-order valence-electron chi connectivity index (χ3n) is 4.31. The average molecular weight is 384 g/mol. The Balaban J connectivity index is 1.90. The molecule has 1 fully saturated rings. The van der Waals surface area contributed by atoms with Crippen molar-refractivity contribution < 1.29 is 18.0 Å². The summed E-state index contributed by atoms with van der Waals surface area (Å²) < 4.78 is 36.7. The molecule has 1 aliphatic heterocycles. The summed E-state index contributed by atoms with van der Waals surface area (Å²) in [6, 6.07) is 7.23. The van der Waals surface area contributed by atoms with Gasteiger partial charge in [0.15, 0.2) is 5.96 Å². The fourth-order valence-electron chi connectivity index (χ4n) is 2.87. The second kappa shape index (κ2) is 10.2. The van der Waals surface area contributed by atoms with Gasteiger partial charge in [-0.2, -0.15) is 13.2 Å². The molecule has 1 amide bonds. The van der Waals surface area contributed by atoms with Gasteiger partial charge in [-0.1, -0.05) is 12.1 Å². The highest BCUT2D eigenvalue weighted by atomic mass is 19.4. The van der Waals surface area contributed by atoms with Crippen molar-refractivity contribution in [1.82, 2.24) is 15.5 Å². The monoisotopic (exact) mass is 384 g/mol. The Labute approximate surface area is 158 Å². The van der Waals surface area contributed by atoms with Gasteiger partial charge in [-0.3, -0.25) is 4.79 Å². The summed E-state index contributed by atoms with van der Waals surface area (Å²) in [6.45, 7) is 4.11. The van der Waals surface area contributed by atoms with Gasteiger partial charge < -0.3 is 15.5 Å². The molecule has 0 unspecified atom stereocenters. The summed E-state index contributed by atoms with van der Waals surface area (Å²) in [5.41, 5.74) is 1.54. The Bertz CT molecular complexity index is 623. The predicted molar refractivity (Wildman–Crippen MR) is 99.7 cm³/mol. The summed E-state index contributed by atoms with van der Waals surface area (Å²) in [6.07, 6.45) is -1.84. The number of aliphatic imine (C=N–C) groups is 1. The molecule has 1 aliphatic rings. The Hall–Kier alpha value is -2.25. The summed E-state index contributed by atoms with van der Waals surface area (Å²) in [5.74, 6) is 0.391. The van der Waals surface area contributed by atoms with Crippen molar-refractivity contribution in [3.8, 4) is 0 Å². The second-order valence-electron chi connectivity index (χ2n) is 6.54. The number of hydrogen-bond acceptors (Lipinski definition) is 2. The summed E-state index contributed by atoms with van der Waals surface area (Å²) in [5, 5.41) is 5.60. The van der Waals surface area contributed by atoms with Crippen LogP contribution < -0.4 is 10.6 Å². The first kappa shape index (κ1) is 21.1. The SMILES string of the molecule is CCNC(=NCc1ccc(C(=O)N2CCCCC2)cc1)NCCC(F)(F)F. The number of halogens is 3. The van der Waals surface area contributed by atoms with Crippen molar-refractivity contribution in [2.75, 3.05) is 26.2 Å². The van der Waals surface area contributed by atoms with Crippen LogP contribution in [0.5, 0.6) is 0 Å². The zero-order valence-electron chi connectivity index (χ0n) is 15.6. The summed E-state index contributed by atoms with van der Waals surface area (Å²) in [4.78, 5) is 18.6. The molecule has 0 spiro atoms. The lowest BCUT2D eigenvalue weighted by Crippen LogP contribution is -2.38. The first-order valence-electron chi connectivity index (χ1n) is 9.36. The molecule has 1 aromatic carbocycles. The Morgan fingerprint density at radius 3 is 2.37 bits per heavy atom. The lowest BCUT2D eigenvalue weighted by molar-refractivity contribution is -0.132. The minimum absolute atomic E-state index is 0.0481. The molecule has 0 aromatic heterocycles. The molecule has 150 valence electrons. The minimum Gasteiger partial charge on any atom is -0.357 e. The number of benzene rings is 1. The van der Waals surface area contributed by atoms with Crippen molar-refractivity contribution >= 4 is 11.9 Å². The zero-order valence-corrected chi connectivity index (χ0v) is 15.6. The van der Waals surface area contributed by atoms with E-state index in [0.29, 0.717) is 24.6 Å². The number of carbonyl (C=O) groups is 1. The topological polar surface area (TPSA) is 56.7 Å². The standard InChI is InChI=1S/C19H27F3N4O/c1-2-23-18(24-11-10-19(20,21)22)25-14-15-6-8-16(9-7-15)17(27)26-12-4-3-5-13-26/h6-9H,2-5,10-14H2,1H3,(H2,23,24,25). The van der Waals surface area contributed by atoms with Gasteiger partial charge in [0.25, 0.3) is 5.91 Å². The number of nitrogens with one attached hydrogen (secondary N) is 2. The molecule has 0 saturated carbocycles. The Morgan fingerprint density at radius 1 is 1.11 bits per heavy atom. The third-order valence-corrected chi connectivity index (χ3v) is 4.31. The van der Waals surface area contributed by atoms with Crippen LogP contribution in [-0.2, 0) is 6.54 Å². The van der Waals surface area contributed by atoms with Crippen molar-refractivity contribution in [2.45, 2.75) is 45.3 Å². The van der Waals surface area contributed by atoms with E-state index in [2.05, 4.69) is 15.6 Å². The Kier molecular flexibility index (Phi) is 7.94. The lowest BCUT2D eigenvalue weighted by Gasteiger charge is -2.26. The third kappa shape index (κ3) is 7.48. The quantitative estimate of drug-likeness (QED) is 0.584. The normalized spacial score (nSPS) is 15.6. The first-order valence-corrected chi connectivity index (χ1v) is 9.36. The van der Waals surface area contributed by atoms with Gasteiger partial charge in [0, 0.05) is 31.7 Å². The van der Waals surface area contributed by atoms with Crippen LogP contribution in [0.2, 0.25) is 0 Å². The summed E-state index contributed by atoms with van der Waals surface area (Å²) in [7, 11) is 0. The smallest absolute Gasteiger partial charge is 0.357 e. The van der Waals surface area contributed by atoms with Crippen LogP contribution in [0.4, 0.5) is 13.2 Å². The van der Waals surface area contributed by atoms with Gasteiger partial charge in [-0.25, -0.2) is 4.99 Å². The van der Waals surface area contributed by atoms with E-state index in [0.717, 1.165) is 31.5 Å². The number of piperidine rings is 1. The highest BCUT2D eigenvalue weighted by Crippen LogP contribution is 2.18. The zero-order chi connectivity index (χ0) is 19.7. The van der Waals surface area contributed by atoms with Crippen LogP contribution in [0.15, 0.2) is 29.3 Å². The van der Waals surface area contributed by atoms with Crippen LogP contribution in [-0.4, -0.2) is 49.1 Å². The van der Waals surface area contributed by atoms with Crippen LogP contribution in [0, 0.1) is 0 Å². The van der Waals surface area contributed by atoms with Gasteiger partial charge in [-0.15, -0.1) is 0 Å². The van der Waals surface area contributed by atoms with Gasteiger partial charge in [-0.05, 0) is 43.9 Å². The highest BCUT2D eigenvalue weighted by Gasteiger charge is 2.26. The molecule has 0 radical (unpaired) electrons. The molecule has 0 atom stereocenters. The first-order chi connectivity index (χ1) is 12.9.